The third-order valence-corrected chi connectivity index (χ3v) is 3.00. The van der Waals surface area contributed by atoms with Gasteiger partial charge >= 0.3 is 5.97 Å². The molecule has 0 radical (unpaired) electrons. The maximum Gasteiger partial charge on any atom is 0.343 e. The summed E-state index contributed by atoms with van der Waals surface area (Å²) in [7, 11) is 0. The molecule has 0 bridgehead atoms. The van der Waals surface area contributed by atoms with Gasteiger partial charge in [0.25, 0.3) is 0 Å². The molecule has 18 heavy (non-hydrogen) atoms. The predicted molar refractivity (Wildman–Crippen MR) is 70.2 cm³/mol. The average Bonchev–Trinajstić information content (AvgIpc) is 2.33. The molecule has 0 N–H and O–H groups in total. The molecule has 2 nitrogen and oxygen atoms in total. The fraction of sp³-hybridized carbons (Fsp3) is 0.0714. The second kappa shape index (κ2) is 5.31. The molecule has 0 unspecified atom stereocenters. The van der Waals surface area contributed by atoms with E-state index in [2.05, 4.69) is 15.9 Å². The van der Waals surface area contributed by atoms with Gasteiger partial charge in [-0.2, -0.15) is 0 Å². The number of hydrogen-bond acceptors (Lipinski definition) is 2. The van der Waals surface area contributed by atoms with Crippen LogP contribution in [0.15, 0.2) is 46.9 Å². The third kappa shape index (κ3) is 2.96. The van der Waals surface area contributed by atoms with Crippen molar-refractivity contribution in [1.29, 1.82) is 0 Å². The van der Waals surface area contributed by atoms with Gasteiger partial charge in [0.2, 0.25) is 0 Å². The largest absolute Gasteiger partial charge is 0.422 e. The molecule has 0 aliphatic rings. The van der Waals surface area contributed by atoms with E-state index in [1.165, 1.54) is 18.2 Å². The Balaban J connectivity index is 2.18. The van der Waals surface area contributed by atoms with Gasteiger partial charge in [0.05, 0.1) is 10.0 Å². The van der Waals surface area contributed by atoms with Crippen molar-refractivity contribution in [1.82, 2.24) is 0 Å². The van der Waals surface area contributed by atoms with E-state index in [1.54, 1.807) is 12.1 Å². The lowest BCUT2D eigenvalue weighted by molar-refractivity contribution is 0.0733. The van der Waals surface area contributed by atoms with Crippen molar-refractivity contribution in [3.05, 3.63) is 63.9 Å². The number of esters is 1. The van der Waals surface area contributed by atoms with Gasteiger partial charge in [-0.05, 0) is 53.2 Å². The van der Waals surface area contributed by atoms with Crippen LogP contribution in [-0.4, -0.2) is 5.97 Å². The zero-order valence-electron chi connectivity index (χ0n) is 9.61. The molecule has 0 aliphatic heterocycles. The highest BCUT2D eigenvalue weighted by Crippen LogP contribution is 2.26. The Morgan fingerprint density at radius 1 is 1.17 bits per heavy atom. The number of benzene rings is 2. The molecular formula is C14H10BrFO2. The Kier molecular flexibility index (Phi) is 3.77. The number of ether oxygens (including phenoxy) is 1. The van der Waals surface area contributed by atoms with Crippen LogP contribution in [0.3, 0.4) is 0 Å². The number of carbonyl (C=O) groups excluding carboxylic acids is 1. The molecule has 4 heteroatoms. The molecule has 0 spiro atoms. The first kappa shape index (κ1) is 12.8. The molecule has 92 valence electrons. The van der Waals surface area contributed by atoms with Crippen LogP contribution in [0.4, 0.5) is 4.39 Å². The van der Waals surface area contributed by atoms with E-state index in [0.717, 1.165) is 5.56 Å². The number of hydrogen-bond donors (Lipinski definition) is 0. The van der Waals surface area contributed by atoms with Crippen LogP contribution in [0.25, 0.3) is 0 Å². The highest BCUT2D eigenvalue weighted by Gasteiger charge is 2.10. The van der Waals surface area contributed by atoms with E-state index in [1.807, 2.05) is 19.1 Å². The van der Waals surface area contributed by atoms with E-state index in [9.17, 15) is 9.18 Å². The van der Waals surface area contributed by atoms with Crippen LogP contribution < -0.4 is 4.74 Å². The van der Waals surface area contributed by atoms with E-state index >= 15 is 0 Å². The summed E-state index contributed by atoms with van der Waals surface area (Å²) in [5, 5.41) is 0. The predicted octanol–water partition coefficient (Wildman–Crippen LogP) is 4.12. The molecule has 0 aliphatic carbocycles. The number of aryl methyl sites for hydroxylation is 1. The summed E-state index contributed by atoms with van der Waals surface area (Å²) in [6.07, 6.45) is 0. The fourth-order valence-electron chi connectivity index (χ4n) is 1.41. The second-order valence-corrected chi connectivity index (χ2v) is 4.68. The summed E-state index contributed by atoms with van der Waals surface area (Å²) >= 11 is 3.14. The molecule has 0 heterocycles. The van der Waals surface area contributed by atoms with Gasteiger partial charge in [-0.3, -0.25) is 0 Å². The summed E-state index contributed by atoms with van der Waals surface area (Å²) in [6, 6.07) is 10.9. The number of halogens is 2. The molecule has 2 rings (SSSR count). The Labute approximate surface area is 113 Å². The van der Waals surface area contributed by atoms with Crippen molar-refractivity contribution in [2.75, 3.05) is 0 Å². The average molecular weight is 309 g/mol. The van der Waals surface area contributed by atoms with Crippen LogP contribution in [0.1, 0.15) is 15.9 Å². The smallest absolute Gasteiger partial charge is 0.343 e. The van der Waals surface area contributed by atoms with E-state index in [0.29, 0.717) is 15.8 Å². The fourth-order valence-corrected chi connectivity index (χ4v) is 1.84. The summed E-state index contributed by atoms with van der Waals surface area (Å²) < 4.78 is 18.5. The van der Waals surface area contributed by atoms with Gasteiger partial charge in [-0.1, -0.05) is 17.7 Å². The Bertz CT molecular complexity index is 579. The normalized spacial score (nSPS) is 10.2. The molecule has 0 aromatic heterocycles. The zero-order chi connectivity index (χ0) is 13.1. The molecule has 0 fully saturated rings. The van der Waals surface area contributed by atoms with Crippen molar-refractivity contribution >= 4 is 21.9 Å². The molecule has 2 aromatic carbocycles. The van der Waals surface area contributed by atoms with Crippen molar-refractivity contribution < 1.29 is 13.9 Å². The first-order chi connectivity index (χ1) is 8.56. The molecule has 0 saturated carbocycles. The van der Waals surface area contributed by atoms with Gasteiger partial charge in [-0.25, -0.2) is 9.18 Å². The highest BCUT2D eigenvalue weighted by molar-refractivity contribution is 9.10. The second-order valence-electron chi connectivity index (χ2n) is 3.83. The Hall–Kier alpha value is -1.68. The van der Waals surface area contributed by atoms with Gasteiger partial charge in [0.1, 0.15) is 11.6 Å². The number of carbonyl (C=O) groups is 1. The SMILES string of the molecule is Cc1ccc(C(=O)Oc2ccc(F)cc2Br)cc1. The van der Waals surface area contributed by atoms with Crippen LogP contribution in [0, 0.1) is 12.7 Å². The quantitative estimate of drug-likeness (QED) is 0.616. The third-order valence-electron chi connectivity index (χ3n) is 2.38. The van der Waals surface area contributed by atoms with Crippen LogP contribution in [0.2, 0.25) is 0 Å². The highest BCUT2D eigenvalue weighted by atomic mass is 79.9. The first-order valence-electron chi connectivity index (χ1n) is 5.30. The van der Waals surface area contributed by atoms with Crippen LogP contribution >= 0.6 is 15.9 Å². The maximum atomic E-state index is 12.9. The Morgan fingerprint density at radius 3 is 2.44 bits per heavy atom. The van der Waals surface area contributed by atoms with Crippen LogP contribution in [0.5, 0.6) is 5.75 Å². The lowest BCUT2D eigenvalue weighted by atomic mass is 10.1. The van der Waals surface area contributed by atoms with Crippen molar-refractivity contribution in [2.45, 2.75) is 6.92 Å². The van der Waals surface area contributed by atoms with Crippen molar-refractivity contribution in [3.8, 4) is 5.75 Å². The van der Waals surface area contributed by atoms with Gasteiger partial charge in [0.15, 0.2) is 0 Å². The molecule has 0 amide bonds. The summed E-state index contributed by atoms with van der Waals surface area (Å²) in [5.41, 5.74) is 1.52. The van der Waals surface area contributed by atoms with E-state index in [4.69, 9.17) is 4.74 Å². The summed E-state index contributed by atoms with van der Waals surface area (Å²) in [5.74, 6) is -0.568. The minimum Gasteiger partial charge on any atom is -0.422 e. The lowest BCUT2D eigenvalue weighted by Crippen LogP contribution is -2.08. The monoisotopic (exact) mass is 308 g/mol. The zero-order valence-corrected chi connectivity index (χ0v) is 11.2. The minimum atomic E-state index is -0.470. The van der Waals surface area contributed by atoms with Crippen molar-refractivity contribution in [2.24, 2.45) is 0 Å². The van der Waals surface area contributed by atoms with E-state index < -0.39 is 11.8 Å². The van der Waals surface area contributed by atoms with E-state index in [-0.39, 0.29) is 0 Å². The molecular weight excluding hydrogens is 299 g/mol. The molecule has 0 atom stereocenters. The van der Waals surface area contributed by atoms with Gasteiger partial charge < -0.3 is 4.74 Å². The van der Waals surface area contributed by atoms with Gasteiger partial charge in [0, 0.05) is 0 Å². The maximum absolute atomic E-state index is 12.9. The first-order valence-corrected chi connectivity index (χ1v) is 6.09. The number of rotatable bonds is 2. The van der Waals surface area contributed by atoms with Crippen LogP contribution in [-0.2, 0) is 0 Å². The summed E-state index contributed by atoms with van der Waals surface area (Å²) in [4.78, 5) is 11.8. The molecule has 2 aromatic rings. The summed E-state index contributed by atoms with van der Waals surface area (Å²) in [6.45, 7) is 1.94. The minimum absolute atomic E-state index is 0.293. The standard InChI is InChI=1S/C14H10BrFO2/c1-9-2-4-10(5-3-9)14(17)18-13-7-6-11(16)8-12(13)15/h2-8H,1H3. The Morgan fingerprint density at radius 2 is 1.83 bits per heavy atom. The topological polar surface area (TPSA) is 26.3 Å². The lowest BCUT2D eigenvalue weighted by Gasteiger charge is -2.06. The van der Waals surface area contributed by atoms with Gasteiger partial charge in [-0.15, -0.1) is 0 Å². The van der Waals surface area contributed by atoms with Crippen molar-refractivity contribution in [3.63, 3.8) is 0 Å². The molecule has 0 saturated heterocycles.